The van der Waals surface area contributed by atoms with Gasteiger partial charge < -0.3 is 24.6 Å². The van der Waals surface area contributed by atoms with Crippen LogP contribution in [0.1, 0.15) is 40.3 Å². The summed E-state index contributed by atoms with van der Waals surface area (Å²) in [5.41, 5.74) is 1.54. The van der Waals surface area contributed by atoms with Crippen LogP contribution in [0.15, 0.2) is 59.1 Å². The van der Waals surface area contributed by atoms with E-state index in [1.807, 2.05) is 44.4 Å². The van der Waals surface area contributed by atoms with Crippen molar-refractivity contribution in [2.45, 2.75) is 18.5 Å². The van der Waals surface area contributed by atoms with Crippen LogP contribution in [-0.2, 0) is 0 Å². The largest absolute Gasteiger partial charge is 0.478 e. The summed E-state index contributed by atoms with van der Waals surface area (Å²) < 4.78 is 6.27. The number of rotatable bonds is 8. The van der Waals surface area contributed by atoms with Gasteiger partial charge >= 0.3 is 5.97 Å². The van der Waals surface area contributed by atoms with Gasteiger partial charge in [-0.1, -0.05) is 17.7 Å². The average Bonchev–Trinajstić information content (AvgIpc) is 3.39. The Bertz CT molecular complexity index is 1150. The van der Waals surface area contributed by atoms with Crippen molar-refractivity contribution in [3.8, 4) is 11.3 Å². The van der Waals surface area contributed by atoms with Gasteiger partial charge in [0, 0.05) is 18.3 Å². The third kappa shape index (κ3) is 5.03. The number of aromatic nitrogens is 1. The highest BCUT2D eigenvalue weighted by Gasteiger charge is 2.41. The molecule has 1 saturated heterocycles. The molecule has 2 atom stereocenters. The number of thiocarbonyl (C=S) groups is 1. The standard InChI is InChI=1S/C24H25ClN4O3S/c1-28(2)12-5-13-29-22(21(27-24(29)33)18-6-3-4-11-26-18)20-10-9-19(32-20)16-14-15(23(30)31)7-8-17(16)25/h3-4,6-11,14,21-22H,5,12-13H2,1-2H3,(H,27,33)(H,30,31)/t21-,22-/m0/s1. The van der Waals surface area contributed by atoms with Crippen molar-refractivity contribution in [1.82, 2.24) is 20.1 Å². The molecule has 0 unspecified atom stereocenters. The monoisotopic (exact) mass is 484 g/mol. The number of halogens is 1. The second-order valence-electron chi connectivity index (χ2n) is 8.18. The van der Waals surface area contributed by atoms with E-state index in [0.29, 0.717) is 27.2 Å². The maximum absolute atomic E-state index is 11.4. The van der Waals surface area contributed by atoms with Crippen LogP contribution in [-0.4, -0.2) is 58.2 Å². The quantitative estimate of drug-likeness (QED) is 0.448. The number of hydrogen-bond acceptors (Lipinski definition) is 5. The SMILES string of the molecule is CN(C)CCCN1C(=S)N[C@@H](c2ccccn2)[C@@H]1c1ccc(-c2cc(C(=O)O)ccc2Cl)o1. The fraction of sp³-hybridized carbons (Fsp3) is 0.292. The zero-order valence-corrected chi connectivity index (χ0v) is 19.9. The topological polar surface area (TPSA) is 81.8 Å². The first-order chi connectivity index (χ1) is 15.8. The summed E-state index contributed by atoms with van der Waals surface area (Å²) in [5, 5.41) is 13.8. The van der Waals surface area contributed by atoms with Crippen LogP contribution in [0.25, 0.3) is 11.3 Å². The molecule has 0 bridgehead atoms. The van der Waals surface area contributed by atoms with Gasteiger partial charge in [-0.15, -0.1) is 0 Å². The number of hydrogen-bond donors (Lipinski definition) is 2. The molecule has 1 aliphatic heterocycles. The van der Waals surface area contributed by atoms with Gasteiger partial charge in [0.15, 0.2) is 5.11 Å². The number of nitrogens with zero attached hydrogens (tertiary/aromatic N) is 3. The number of carboxylic acid groups (broad SMARTS) is 1. The molecule has 1 fully saturated rings. The van der Waals surface area contributed by atoms with Gasteiger partial charge in [0.2, 0.25) is 0 Å². The van der Waals surface area contributed by atoms with Gasteiger partial charge in [-0.2, -0.15) is 0 Å². The lowest BCUT2D eigenvalue weighted by Gasteiger charge is -2.26. The van der Waals surface area contributed by atoms with Crippen molar-refractivity contribution in [1.29, 1.82) is 0 Å². The molecule has 0 radical (unpaired) electrons. The first-order valence-electron chi connectivity index (χ1n) is 10.6. The summed E-state index contributed by atoms with van der Waals surface area (Å²) in [6, 6.07) is 13.7. The van der Waals surface area contributed by atoms with Crippen LogP contribution in [0.4, 0.5) is 0 Å². The lowest BCUT2D eigenvalue weighted by Crippen LogP contribution is -2.32. The third-order valence-corrected chi connectivity index (χ3v) is 6.28. The van der Waals surface area contributed by atoms with Crippen LogP contribution in [0.3, 0.4) is 0 Å². The molecule has 1 aromatic carbocycles. The van der Waals surface area contributed by atoms with Crippen molar-refractivity contribution in [3.63, 3.8) is 0 Å². The summed E-state index contributed by atoms with van der Waals surface area (Å²) in [6.07, 6.45) is 2.69. The van der Waals surface area contributed by atoms with Gasteiger partial charge in [0.05, 0.1) is 22.3 Å². The highest BCUT2D eigenvalue weighted by molar-refractivity contribution is 7.80. The number of aromatic carboxylic acids is 1. The van der Waals surface area contributed by atoms with E-state index in [4.69, 9.17) is 28.2 Å². The van der Waals surface area contributed by atoms with Gasteiger partial charge in [0.1, 0.15) is 17.6 Å². The number of nitrogens with one attached hydrogen (secondary N) is 1. The minimum absolute atomic E-state index is 0.146. The van der Waals surface area contributed by atoms with E-state index in [2.05, 4.69) is 20.1 Å². The zero-order chi connectivity index (χ0) is 23.5. The molecular weight excluding hydrogens is 460 g/mol. The molecule has 9 heteroatoms. The molecule has 33 heavy (non-hydrogen) atoms. The minimum Gasteiger partial charge on any atom is -0.478 e. The highest BCUT2D eigenvalue weighted by atomic mass is 35.5. The minimum atomic E-state index is -1.02. The second kappa shape index (κ2) is 9.91. The van der Waals surface area contributed by atoms with E-state index in [1.165, 1.54) is 12.1 Å². The Balaban J connectivity index is 1.70. The summed E-state index contributed by atoms with van der Waals surface area (Å²) in [4.78, 5) is 20.2. The lowest BCUT2D eigenvalue weighted by atomic mass is 10.0. The van der Waals surface area contributed by atoms with E-state index in [1.54, 1.807) is 12.3 Å². The van der Waals surface area contributed by atoms with Crippen molar-refractivity contribution in [2.24, 2.45) is 0 Å². The number of carboxylic acids is 1. The highest BCUT2D eigenvalue weighted by Crippen LogP contribution is 2.41. The number of furan rings is 1. The van der Waals surface area contributed by atoms with E-state index in [0.717, 1.165) is 25.2 Å². The molecule has 3 aromatic rings. The fourth-order valence-corrected chi connectivity index (χ4v) is 4.56. The Morgan fingerprint density at radius 2 is 2.09 bits per heavy atom. The molecule has 2 aromatic heterocycles. The smallest absolute Gasteiger partial charge is 0.335 e. The summed E-state index contributed by atoms with van der Waals surface area (Å²) in [6.45, 7) is 1.68. The van der Waals surface area contributed by atoms with Gasteiger partial charge in [-0.3, -0.25) is 4.98 Å². The number of carbonyl (C=O) groups is 1. The van der Waals surface area contributed by atoms with E-state index in [9.17, 15) is 9.90 Å². The summed E-state index contributed by atoms with van der Waals surface area (Å²) >= 11 is 12.1. The number of benzene rings is 1. The van der Waals surface area contributed by atoms with Crippen LogP contribution in [0, 0.1) is 0 Å². The summed E-state index contributed by atoms with van der Waals surface area (Å²) in [5.74, 6) is 0.186. The fourth-order valence-electron chi connectivity index (χ4n) is 4.02. The van der Waals surface area contributed by atoms with Gasteiger partial charge in [0.25, 0.3) is 0 Å². The first-order valence-corrected chi connectivity index (χ1v) is 11.4. The molecule has 0 aliphatic carbocycles. The van der Waals surface area contributed by atoms with Crippen LogP contribution < -0.4 is 5.32 Å². The molecule has 7 nitrogen and oxygen atoms in total. The first kappa shape index (κ1) is 23.2. The van der Waals surface area contributed by atoms with E-state index < -0.39 is 5.97 Å². The lowest BCUT2D eigenvalue weighted by molar-refractivity contribution is 0.0697. The molecule has 3 heterocycles. The predicted octanol–water partition coefficient (Wildman–Crippen LogP) is 4.62. The van der Waals surface area contributed by atoms with E-state index >= 15 is 0 Å². The Labute approximate surface area is 203 Å². The Morgan fingerprint density at radius 1 is 1.27 bits per heavy atom. The van der Waals surface area contributed by atoms with Crippen molar-refractivity contribution < 1.29 is 14.3 Å². The molecule has 172 valence electrons. The maximum atomic E-state index is 11.4. The van der Waals surface area contributed by atoms with E-state index in [-0.39, 0.29) is 17.6 Å². The van der Waals surface area contributed by atoms with Crippen molar-refractivity contribution in [2.75, 3.05) is 27.2 Å². The molecule has 2 N–H and O–H groups in total. The van der Waals surface area contributed by atoms with Crippen LogP contribution in [0.2, 0.25) is 5.02 Å². The molecular formula is C24H25ClN4O3S. The normalized spacial score (nSPS) is 18.1. The zero-order valence-electron chi connectivity index (χ0n) is 18.4. The Morgan fingerprint density at radius 3 is 2.79 bits per heavy atom. The van der Waals surface area contributed by atoms with Gasteiger partial charge in [-0.05, 0) is 81.7 Å². The maximum Gasteiger partial charge on any atom is 0.335 e. The van der Waals surface area contributed by atoms with Crippen LogP contribution >= 0.6 is 23.8 Å². The average molecular weight is 485 g/mol. The molecule has 4 rings (SSSR count). The number of pyridine rings is 1. The summed E-state index contributed by atoms with van der Waals surface area (Å²) in [7, 11) is 4.09. The molecule has 1 aliphatic rings. The van der Waals surface area contributed by atoms with Crippen molar-refractivity contribution in [3.05, 3.63) is 76.8 Å². The molecule has 0 saturated carbocycles. The molecule has 0 amide bonds. The van der Waals surface area contributed by atoms with Crippen molar-refractivity contribution >= 4 is 34.9 Å². The third-order valence-electron chi connectivity index (χ3n) is 5.60. The molecule has 0 spiro atoms. The second-order valence-corrected chi connectivity index (χ2v) is 8.97. The predicted molar refractivity (Wildman–Crippen MR) is 131 cm³/mol. The Kier molecular flexibility index (Phi) is 6.97. The van der Waals surface area contributed by atoms with Crippen LogP contribution in [0.5, 0.6) is 0 Å². The van der Waals surface area contributed by atoms with Gasteiger partial charge in [-0.25, -0.2) is 4.79 Å². The Hall–Kier alpha value is -2.94.